The number of amides is 1. The van der Waals surface area contributed by atoms with Crippen LogP contribution in [0.4, 0.5) is 4.39 Å². The highest BCUT2D eigenvalue weighted by Crippen LogP contribution is 2.29. The number of hydrogen-bond acceptors (Lipinski definition) is 6. The fraction of sp³-hybridized carbons (Fsp3) is 0.286. The van der Waals surface area contributed by atoms with Crippen molar-refractivity contribution in [1.82, 2.24) is 19.8 Å². The van der Waals surface area contributed by atoms with E-state index in [9.17, 15) is 9.18 Å². The van der Waals surface area contributed by atoms with E-state index in [1.807, 2.05) is 35.2 Å². The monoisotopic (exact) mass is 427 g/mol. The van der Waals surface area contributed by atoms with Crippen LogP contribution in [0.25, 0.3) is 0 Å². The van der Waals surface area contributed by atoms with Gasteiger partial charge in [-0.15, -0.1) is 10.2 Å². The van der Waals surface area contributed by atoms with Crippen LogP contribution >= 0.6 is 11.8 Å². The normalized spacial score (nSPS) is 13.2. The number of rotatable bonds is 9. The number of nitrogens with zero attached hydrogens (tertiary/aromatic N) is 4. The van der Waals surface area contributed by atoms with E-state index < -0.39 is 0 Å². The molecule has 30 heavy (non-hydrogen) atoms. The standard InChI is InChI=1S/C21H22FN5O2S/c22-16-6-10-18(11-7-16)29-13-19-24-25-21(27(19)23)30-14-20(28)26(17-8-9-17)12-15-4-2-1-3-5-15/h1-7,10-11,17H,8-9,12-14,23H2. The third-order valence-corrected chi connectivity index (χ3v) is 5.67. The Morgan fingerprint density at radius 3 is 2.60 bits per heavy atom. The zero-order chi connectivity index (χ0) is 20.9. The number of aromatic nitrogens is 3. The summed E-state index contributed by atoms with van der Waals surface area (Å²) in [6.45, 7) is 0.697. The maximum Gasteiger partial charge on any atom is 0.233 e. The van der Waals surface area contributed by atoms with Crippen molar-refractivity contribution in [2.24, 2.45) is 0 Å². The number of benzene rings is 2. The van der Waals surface area contributed by atoms with E-state index in [0.29, 0.717) is 29.3 Å². The largest absolute Gasteiger partial charge is 0.486 e. The van der Waals surface area contributed by atoms with Gasteiger partial charge in [-0.1, -0.05) is 42.1 Å². The molecule has 1 amide bonds. The fourth-order valence-corrected chi connectivity index (χ4v) is 3.74. The summed E-state index contributed by atoms with van der Waals surface area (Å²) in [4.78, 5) is 14.7. The van der Waals surface area contributed by atoms with E-state index in [1.165, 1.54) is 40.7 Å². The van der Waals surface area contributed by atoms with Crippen molar-refractivity contribution in [1.29, 1.82) is 0 Å². The van der Waals surface area contributed by atoms with Gasteiger partial charge in [0, 0.05) is 12.6 Å². The first kappa shape index (κ1) is 20.2. The molecule has 0 aliphatic heterocycles. The molecule has 1 aliphatic rings. The van der Waals surface area contributed by atoms with Crippen LogP contribution in [-0.4, -0.2) is 37.5 Å². The zero-order valence-corrected chi connectivity index (χ0v) is 17.1. The van der Waals surface area contributed by atoms with Crippen LogP contribution in [-0.2, 0) is 17.9 Å². The number of nitrogens with two attached hydrogens (primary N) is 1. The van der Waals surface area contributed by atoms with Crippen LogP contribution in [0.1, 0.15) is 24.2 Å². The molecule has 3 aromatic rings. The molecular formula is C21H22FN5O2S. The van der Waals surface area contributed by atoms with E-state index in [-0.39, 0.29) is 24.1 Å². The van der Waals surface area contributed by atoms with Crippen LogP contribution in [0.2, 0.25) is 0 Å². The van der Waals surface area contributed by atoms with Gasteiger partial charge in [0.05, 0.1) is 5.75 Å². The summed E-state index contributed by atoms with van der Waals surface area (Å²) < 4.78 is 19.8. The highest BCUT2D eigenvalue weighted by molar-refractivity contribution is 7.99. The Bertz CT molecular complexity index is 992. The Kier molecular flexibility index (Phi) is 6.18. The van der Waals surface area contributed by atoms with Crippen molar-refractivity contribution >= 4 is 17.7 Å². The second-order valence-electron chi connectivity index (χ2n) is 7.04. The van der Waals surface area contributed by atoms with Gasteiger partial charge in [0.15, 0.2) is 5.82 Å². The molecule has 0 atom stereocenters. The van der Waals surface area contributed by atoms with Gasteiger partial charge < -0.3 is 15.5 Å². The molecule has 1 fully saturated rings. The molecule has 1 aromatic heterocycles. The lowest BCUT2D eigenvalue weighted by atomic mass is 10.2. The Labute approximate surface area is 178 Å². The average Bonchev–Trinajstić information content (AvgIpc) is 3.54. The lowest BCUT2D eigenvalue weighted by Gasteiger charge is -2.22. The average molecular weight is 428 g/mol. The topological polar surface area (TPSA) is 86.3 Å². The lowest BCUT2D eigenvalue weighted by molar-refractivity contribution is -0.129. The summed E-state index contributed by atoms with van der Waals surface area (Å²) in [5, 5.41) is 8.53. The number of nitrogen functional groups attached to an aromatic ring is 1. The highest BCUT2D eigenvalue weighted by Gasteiger charge is 2.32. The van der Waals surface area contributed by atoms with Crippen LogP contribution in [0.5, 0.6) is 5.75 Å². The number of thioether (sulfide) groups is 1. The van der Waals surface area contributed by atoms with E-state index >= 15 is 0 Å². The maximum atomic E-state index is 13.0. The van der Waals surface area contributed by atoms with Crippen molar-refractivity contribution < 1.29 is 13.9 Å². The van der Waals surface area contributed by atoms with Crippen LogP contribution in [0.3, 0.4) is 0 Å². The molecule has 9 heteroatoms. The summed E-state index contributed by atoms with van der Waals surface area (Å²) in [6.07, 6.45) is 2.09. The molecular weight excluding hydrogens is 405 g/mol. The van der Waals surface area contributed by atoms with Gasteiger partial charge in [-0.05, 0) is 42.7 Å². The highest BCUT2D eigenvalue weighted by atomic mass is 32.2. The van der Waals surface area contributed by atoms with E-state index in [2.05, 4.69) is 10.2 Å². The van der Waals surface area contributed by atoms with Gasteiger partial charge in [-0.25, -0.2) is 9.07 Å². The van der Waals surface area contributed by atoms with E-state index in [4.69, 9.17) is 10.6 Å². The first-order valence-corrected chi connectivity index (χ1v) is 10.6. The van der Waals surface area contributed by atoms with Gasteiger partial charge in [0.1, 0.15) is 18.2 Å². The first-order chi connectivity index (χ1) is 14.6. The van der Waals surface area contributed by atoms with Crippen molar-refractivity contribution in [3.05, 3.63) is 71.8 Å². The smallest absolute Gasteiger partial charge is 0.233 e. The number of carbonyl (C=O) groups is 1. The second-order valence-corrected chi connectivity index (χ2v) is 7.98. The third-order valence-electron chi connectivity index (χ3n) is 4.75. The number of ether oxygens (including phenoxy) is 1. The summed E-state index contributed by atoms with van der Waals surface area (Å²) in [5.41, 5.74) is 1.12. The van der Waals surface area contributed by atoms with Gasteiger partial charge in [-0.3, -0.25) is 4.79 Å². The van der Waals surface area contributed by atoms with Gasteiger partial charge in [-0.2, -0.15) is 0 Å². The quantitative estimate of drug-likeness (QED) is 0.417. The van der Waals surface area contributed by atoms with Crippen LogP contribution < -0.4 is 10.6 Å². The Morgan fingerprint density at radius 2 is 1.90 bits per heavy atom. The molecule has 0 spiro atoms. The Morgan fingerprint density at radius 1 is 1.17 bits per heavy atom. The number of hydrogen-bond donors (Lipinski definition) is 1. The summed E-state index contributed by atoms with van der Waals surface area (Å²) in [6, 6.07) is 16.0. The summed E-state index contributed by atoms with van der Waals surface area (Å²) in [7, 11) is 0. The molecule has 0 saturated heterocycles. The minimum absolute atomic E-state index is 0.0541. The minimum atomic E-state index is -0.333. The van der Waals surface area contributed by atoms with Gasteiger partial charge >= 0.3 is 0 Å². The molecule has 1 saturated carbocycles. The van der Waals surface area contributed by atoms with Gasteiger partial charge in [0.25, 0.3) is 0 Å². The molecule has 4 rings (SSSR count). The predicted molar refractivity (Wildman–Crippen MR) is 112 cm³/mol. The fourth-order valence-electron chi connectivity index (χ4n) is 2.98. The number of carbonyl (C=O) groups excluding carboxylic acids is 1. The van der Waals surface area contributed by atoms with Crippen molar-refractivity contribution in [3.63, 3.8) is 0 Å². The van der Waals surface area contributed by atoms with Gasteiger partial charge in [0.2, 0.25) is 11.1 Å². The molecule has 1 heterocycles. The third kappa shape index (κ3) is 5.10. The van der Waals surface area contributed by atoms with E-state index in [1.54, 1.807) is 0 Å². The number of halogens is 1. The molecule has 0 unspecified atom stereocenters. The lowest BCUT2D eigenvalue weighted by Crippen LogP contribution is -2.34. The molecule has 1 aliphatic carbocycles. The van der Waals surface area contributed by atoms with Crippen molar-refractivity contribution in [2.45, 2.75) is 37.2 Å². The maximum absolute atomic E-state index is 13.0. The molecule has 2 aromatic carbocycles. The minimum Gasteiger partial charge on any atom is -0.486 e. The van der Waals surface area contributed by atoms with Crippen molar-refractivity contribution in [2.75, 3.05) is 11.6 Å². The Hall–Kier alpha value is -3.07. The van der Waals surface area contributed by atoms with Crippen molar-refractivity contribution in [3.8, 4) is 5.75 Å². The SMILES string of the molecule is Nn1c(COc2ccc(F)cc2)nnc1SCC(=O)N(Cc1ccccc1)C1CC1. The molecule has 156 valence electrons. The van der Waals surface area contributed by atoms with Crippen LogP contribution in [0.15, 0.2) is 59.8 Å². The summed E-state index contributed by atoms with van der Waals surface area (Å²) in [5.74, 6) is 6.93. The summed E-state index contributed by atoms with van der Waals surface area (Å²) >= 11 is 1.25. The zero-order valence-electron chi connectivity index (χ0n) is 16.3. The predicted octanol–water partition coefficient (Wildman–Crippen LogP) is 2.99. The van der Waals surface area contributed by atoms with E-state index in [0.717, 1.165) is 18.4 Å². The molecule has 2 N–H and O–H groups in total. The molecule has 7 nitrogen and oxygen atoms in total. The Balaban J connectivity index is 1.32. The molecule has 0 bridgehead atoms. The first-order valence-electron chi connectivity index (χ1n) is 9.64. The van der Waals surface area contributed by atoms with Crippen LogP contribution in [0, 0.1) is 5.82 Å². The second kappa shape index (κ2) is 9.17. The molecule has 0 radical (unpaired) electrons.